The van der Waals surface area contributed by atoms with E-state index >= 15 is 0 Å². The van der Waals surface area contributed by atoms with E-state index in [1.165, 1.54) is 23.1 Å². The van der Waals surface area contributed by atoms with Gasteiger partial charge in [0.1, 0.15) is 17.5 Å². The Hall–Kier alpha value is -2.80. The summed E-state index contributed by atoms with van der Waals surface area (Å²) in [5.41, 5.74) is 2.23. The van der Waals surface area contributed by atoms with Crippen LogP contribution in [0.15, 0.2) is 36.4 Å². The number of nitrogens with one attached hydrogen (secondary N) is 1. The van der Waals surface area contributed by atoms with Gasteiger partial charge in [0.15, 0.2) is 0 Å². The van der Waals surface area contributed by atoms with E-state index in [0.717, 1.165) is 11.6 Å². The Morgan fingerprint density at radius 1 is 1.17 bits per heavy atom. The first-order valence-electron chi connectivity index (χ1n) is 9.94. The van der Waals surface area contributed by atoms with E-state index in [-0.39, 0.29) is 41.7 Å². The molecular formula is C23H23F3N2O2. The first-order chi connectivity index (χ1) is 14.3. The topological polar surface area (TPSA) is 56.3 Å². The highest BCUT2D eigenvalue weighted by Gasteiger charge is 2.40. The van der Waals surface area contributed by atoms with Crippen molar-refractivity contribution >= 4 is 16.8 Å². The molecule has 1 saturated carbocycles. The number of amides is 1. The fourth-order valence-electron chi connectivity index (χ4n) is 4.19. The summed E-state index contributed by atoms with van der Waals surface area (Å²) < 4.78 is 41.8. The van der Waals surface area contributed by atoms with Crippen molar-refractivity contribution in [2.45, 2.75) is 31.7 Å². The molecule has 1 aliphatic rings. The van der Waals surface area contributed by atoms with Crippen molar-refractivity contribution in [1.29, 1.82) is 0 Å². The summed E-state index contributed by atoms with van der Waals surface area (Å²) in [7, 11) is 1.66. The maximum absolute atomic E-state index is 14.4. The molecule has 30 heavy (non-hydrogen) atoms. The first-order valence-corrected chi connectivity index (χ1v) is 9.94. The molecule has 0 aliphatic heterocycles. The Morgan fingerprint density at radius 3 is 2.47 bits per heavy atom. The number of likely N-dealkylation sites (N-methyl/N-ethyl adjacent to an activating group) is 1. The number of aliphatic hydroxyl groups is 1. The van der Waals surface area contributed by atoms with Crippen molar-refractivity contribution in [3.8, 4) is 11.3 Å². The second-order valence-corrected chi connectivity index (χ2v) is 8.08. The highest BCUT2D eigenvalue weighted by atomic mass is 19.1. The van der Waals surface area contributed by atoms with E-state index < -0.39 is 11.6 Å². The van der Waals surface area contributed by atoms with Crippen molar-refractivity contribution in [3.63, 3.8) is 0 Å². The number of fused-ring (bicyclic) bond motifs is 1. The number of carbonyl (C=O) groups excluding carboxylic acids is 1. The molecule has 1 heterocycles. The molecule has 1 aliphatic carbocycles. The third kappa shape index (κ3) is 3.47. The minimum atomic E-state index is -0.692. The van der Waals surface area contributed by atoms with Crippen molar-refractivity contribution in [3.05, 3.63) is 59.4 Å². The maximum Gasteiger partial charge on any atom is 0.225 e. The molecule has 4 nitrogen and oxygen atoms in total. The van der Waals surface area contributed by atoms with Gasteiger partial charge in [-0.25, -0.2) is 13.2 Å². The number of aromatic amines is 1. The van der Waals surface area contributed by atoms with Gasteiger partial charge >= 0.3 is 0 Å². The smallest absolute Gasteiger partial charge is 0.225 e. The Labute approximate surface area is 172 Å². The van der Waals surface area contributed by atoms with Crippen LogP contribution in [0, 0.1) is 23.4 Å². The molecule has 0 radical (unpaired) electrons. The van der Waals surface area contributed by atoms with Crippen LogP contribution in [-0.4, -0.2) is 40.6 Å². The molecule has 7 heteroatoms. The SMILES string of the molecule is C[C@H](CO)N(C)C(=O)[C@H]1C[C@H](c2c(-c3ccc(F)cc3)[nH]c3c(F)cc(F)cc32)C1. The van der Waals surface area contributed by atoms with Crippen LogP contribution in [0.3, 0.4) is 0 Å². The van der Waals surface area contributed by atoms with Crippen LogP contribution in [-0.2, 0) is 4.79 Å². The molecule has 1 aromatic heterocycles. The van der Waals surface area contributed by atoms with Crippen LogP contribution in [0.1, 0.15) is 31.2 Å². The van der Waals surface area contributed by atoms with Crippen LogP contribution in [0.4, 0.5) is 13.2 Å². The van der Waals surface area contributed by atoms with Gasteiger partial charge in [-0.15, -0.1) is 0 Å². The third-order valence-electron chi connectivity index (χ3n) is 6.17. The molecule has 3 aromatic rings. The molecule has 2 N–H and O–H groups in total. The molecular weight excluding hydrogens is 393 g/mol. The lowest BCUT2D eigenvalue weighted by atomic mass is 9.69. The van der Waals surface area contributed by atoms with Crippen LogP contribution >= 0.6 is 0 Å². The van der Waals surface area contributed by atoms with E-state index in [2.05, 4.69) is 4.98 Å². The molecule has 1 atom stereocenters. The molecule has 158 valence electrons. The zero-order valence-electron chi connectivity index (χ0n) is 16.8. The maximum atomic E-state index is 14.4. The summed E-state index contributed by atoms with van der Waals surface area (Å²) in [5.74, 6) is -2.07. The Bertz CT molecular complexity index is 1090. The average molecular weight is 416 g/mol. The van der Waals surface area contributed by atoms with E-state index in [0.29, 0.717) is 29.5 Å². The lowest BCUT2D eigenvalue weighted by Crippen LogP contribution is -2.44. The van der Waals surface area contributed by atoms with Gasteiger partial charge in [0.05, 0.1) is 23.9 Å². The zero-order chi connectivity index (χ0) is 21.6. The monoisotopic (exact) mass is 416 g/mol. The van der Waals surface area contributed by atoms with Gasteiger partial charge in [-0.2, -0.15) is 0 Å². The molecule has 0 saturated heterocycles. The average Bonchev–Trinajstić information content (AvgIpc) is 3.05. The van der Waals surface area contributed by atoms with E-state index in [1.807, 2.05) is 0 Å². The number of rotatable bonds is 5. The minimum Gasteiger partial charge on any atom is -0.394 e. The largest absolute Gasteiger partial charge is 0.394 e. The van der Waals surface area contributed by atoms with Crippen molar-refractivity contribution < 1.29 is 23.1 Å². The van der Waals surface area contributed by atoms with Crippen molar-refractivity contribution in [1.82, 2.24) is 9.88 Å². The quantitative estimate of drug-likeness (QED) is 0.640. The van der Waals surface area contributed by atoms with Crippen LogP contribution in [0.5, 0.6) is 0 Å². The minimum absolute atomic E-state index is 0.0478. The van der Waals surface area contributed by atoms with Crippen LogP contribution < -0.4 is 0 Å². The lowest BCUT2D eigenvalue weighted by Gasteiger charge is -2.38. The van der Waals surface area contributed by atoms with Crippen LogP contribution in [0.25, 0.3) is 22.2 Å². The van der Waals surface area contributed by atoms with Gasteiger partial charge in [0.2, 0.25) is 5.91 Å². The highest BCUT2D eigenvalue weighted by molar-refractivity contribution is 5.92. The number of carbonyl (C=O) groups is 1. The first kappa shape index (κ1) is 20.5. The number of hydrogen-bond acceptors (Lipinski definition) is 2. The summed E-state index contributed by atoms with van der Waals surface area (Å²) in [6.07, 6.45) is 1.08. The van der Waals surface area contributed by atoms with E-state index in [1.54, 1.807) is 26.1 Å². The number of hydrogen-bond donors (Lipinski definition) is 2. The van der Waals surface area contributed by atoms with Gasteiger partial charge in [-0.3, -0.25) is 4.79 Å². The fraction of sp³-hybridized carbons (Fsp3) is 0.348. The van der Waals surface area contributed by atoms with E-state index in [4.69, 9.17) is 0 Å². The molecule has 0 bridgehead atoms. The van der Waals surface area contributed by atoms with Gasteiger partial charge in [-0.05, 0) is 67.1 Å². The predicted molar refractivity (Wildman–Crippen MR) is 108 cm³/mol. The fourth-order valence-corrected chi connectivity index (χ4v) is 4.19. The van der Waals surface area contributed by atoms with Gasteiger partial charge in [0.25, 0.3) is 0 Å². The molecule has 1 amide bonds. The van der Waals surface area contributed by atoms with Gasteiger partial charge in [0, 0.05) is 24.4 Å². The number of halogens is 3. The number of nitrogens with zero attached hydrogens (tertiary/aromatic N) is 1. The molecule has 0 unspecified atom stereocenters. The standard InChI is InChI=1S/C23H23F3N2O2/c1-12(11-29)28(2)23(30)15-7-14(8-15)20-18-9-17(25)10-19(26)22(18)27-21(20)13-3-5-16(24)6-4-13/h3-6,9-10,12,14-15,27,29H,7-8,11H2,1-2H3/t12-,14-,15-/m1/s1. The third-order valence-corrected chi connectivity index (χ3v) is 6.17. The van der Waals surface area contributed by atoms with Crippen molar-refractivity contribution in [2.75, 3.05) is 13.7 Å². The second kappa shape index (κ2) is 7.80. The lowest BCUT2D eigenvalue weighted by molar-refractivity contribution is -0.140. The summed E-state index contributed by atoms with van der Waals surface area (Å²) in [6, 6.07) is 7.68. The Kier molecular flexibility index (Phi) is 5.32. The molecule has 4 rings (SSSR count). The summed E-state index contributed by atoms with van der Waals surface area (Å²) in [6.45, 7) is 1.65. The number of aromatic nitrogens is 1. The zero-order valence-corrected chi connectivity index (χ0v) is 16.8. The molecule has 0 spiro atoms. The number of H-pyrrole nitrogens is 1. The summed E-state index contributed by atoms with van der Waals surface area (Å²) >= 11 is 0. The summed E-state index contributed by atoms with van der Waals surface area (Å²) in [4.78, 5) is 17.2. The number of benzene rings is 2. The van der Waals surface area contributed by atoms with Gasteiger partial charge in [-0.1, -0.05) is 0 Å². The Morgan fingerprint density at radius 2 is 1.83 bits per heavy atom. The second-order valence-electron chi connectivity index (χ2n) is 8.08. The predicted octanol–water partition coefficient (Wildman–Crippen LogP) is 4.59. The highest BCUT2D eigenvalue weighted by Crippen LogP contribution is 2.48. The molecule has 1 fully saturated rings. The number of aliphatic hydroxyl groups excluding tert-OH is 1. The van der Waals surface area contributed by atoms with E-state index in [9.17, 15) is 23.1 Å². The Balaban J connectivity index is 1.71. The molecule has 2 aromatic carbocycles. The van der Waals surface area contributed by atoms with Gasteiger partial charge < -0.3 is 15.0 Å². The van der Waals surface area contributed by atoms with Crippen molar-refractivity contribution in [2.24, 2.45) is 5.92 Å². The normalized spacial score (nSPS) is 19.5. The van der Waals surface area contributed by atoms with Crippen LogP contribution in [0.2, 0.25) is 0 Å². The summed E-state index contributed by atoms with van der Waals surface area (Å²) in [5, 5.41) is 9.73.